The molecule has 0 bridgehead atoms. The predicted octanol–water partition coefficient (Wildman–Crippen LogP) is 4.45. The number of nitrogens with two attached hydrogens (primary N) is 1. The first kappa shape index (κ1) is 15.9. The summed E-state index contributed by atoms with van der Waals surface area (Å²) in [4.78, 5) is 3.84. The first-order chi connectivity index (χ1) is 11.3. The summed E-state index contributed by atoms with van der Waals surface area (Å²) in [6.07, 6.45) is -1.81. The van der Waals surface area contributed by atoms with Gasteiger partial charge in [0.15, 0.2) is 11.5 Å². The van der Waals surface area contributed by atoms with E-state index in [1.807, 2.05) is 0 Å². The maximum atomic E-state index is 14.0. The number of alkyl halides is 3. The Morgan fingerprint density at radius 3 is 2.54 bits per heavy atom. The molecule has 24 heavy (non-hydrogen) atoms. The number of anilines is 1. The van der Waals surface area contributed by atoms with Gasteiger partial charge in [0.2, 0.25) is 5.88 Å². The summed E-state index contributed by atoms with van der Waals surface area (Å²) >= 11 is 0. The second-order valence-electron chi connectivity index (χ2n) is 4.95. The van der Waals surface area contributed by atoms with Crippen molar-refractivity contribution in [3.05, 3.63) is 54.1 Å². The molecule has 0 atom stereocenters. The number of aromatic hydroxyl groups is 1. The van der Waals surface area contributed by atoms with E-state index in [-0.39, 0.29) is 11.3 Å². The first-order valence-corrected chi connectivity index (χ1v) is 6.67. The van der Waals surface area contributed by atoms with Crippen molar-refractivity contribution in [1.29, 1.82) is 0 Å². The van der Waals surface area contributed by atoms with Crippen LogP contribution in [0.15, 0.2) is 47.1 Å². The van der Waals surface area contributed by atoms with Crippen molar-refractivity contribution in [3.63, 3.8) is 0 Å². The number of hydrogen-bond donors (Lipinski definition) is 2. The van der Waals surface area contributed by atoms with Crippen LogP contribution in [0.25, 0.3) is 22.5 Å². The maximum Gasteiger partial charge on any atom is 0.416 e. The summed E-state index contributed by atoms with van der Waals surface area (Å²) in [6.45, 7) is 0. The van der Waals surface area contributed by atoms with Gasteiger partial charge in [0.05, 0.1) is 11.1 Å². The lowest BCUT2D eigenvalue weighted by atomic mass is 10.0. The van der Waals surface area contributed by atoms with Gasteiger partial charge < -0.3 is 15.3 Å². The third-order valence-electron chi connectivity index (χ3n) is 3.40. The molecule has 4 nitrogen and oxygen atoms in total. The summed E-state index contributed by atoms with van der Waals surface area (Å²) in [7, 11) is 0. The number of aromatic nitrogens is 1. The molecule has 0 aliphatic heterocycles. The predicted molar refractivity (Wildman–Crippen MR) is 78.4 cm³/mol. The third kappa shape index (κ3) is 2.66. The number of nitrogen functional groups attached to an aromatic ring is 1. The second-order valence-corrected chi connectivity index (χ2v) is 4.95. The topological polar surface area (TPSA) is 72.3 Å². The summed E-state index contributed by atoms with van der Waals surface area (Å²) in [5.74, 6) is -2.03. The highest BCUT2D eigenvalue weighted by molar-refractivity contribution is 5.86. The zero-order valence-electron chi connectivity index (χ0n) is 11.9. The normalized spacial score (nSPS) is 11.7. The van der Waals surface area contributed by atoms with Crippen molar-refractivity contribution in [2.45, 2.75) is 6.18 Å². The average molecular weight is 338 g/mol. The number of pyridine rings is 1. The maximum absolute atomic E-state index is 14.0. The molecule has 2 heterocycles. The Morgan fingerprint density at radius 1 is 1.17 bits per heavy atom. The molecule has 8 heteroatoms. The minimum Gasteiger partial charge on any atom is -0.504 e. The van der Waals surface area contributed by atoms with Crippen LogP contribution in [0.3, 0.4) is 0 Å². The van der Waals surface area contributed by atoms with Gasteiger partial charge in [0.1, 0.15) is 5.82 Å². The van der Waals surface area contributed by atoms with Gasteiger partial charge >= 0.3 is 6.18 Å². The largest absolute Gasteiger partial charge is 0.504 e. The van der Waals surface area contributed by atoms with Crippen LogP contribution < -0.4 is 5.73 Å². The molecule has 0 radical (unpaired) electrons. The molecule has 0 aliphatic carbocycles. The molecular formula is C16H10F4N2O2. The van der Waals surface area contributed by atoms with Crippen LogP contribution in [0, 0.1) is 5.82 Å². The van der Waals surface area contributed by atoms with Crippen LogP contribution >= 0.6 is 0 Å². The highest BCUT2D eigenvalue weighted by Gasteiger charge is 2.32. The van der Waals surface area contributed by atoms with E-state index in [2.05, 4.69) is 4.98 Å². The number of halogens is 4. The minimum absolute atomic E-state index is 0.104. The van der Waals surface area contributed by atoms with Crippen LogP contribution in [0.1, 0.15) is 5.56 Å². The molecule has 0 spiro atoms. The van der Waals surface area contributed by atoms with E-state index in [1.54, 1.807) is 12.1 Å². The first-order valence-electron chi connectivity index (χ1n) is 6.67. The van der Waals surface area contributed by atoms with Crippen LogP contribution in [0.5, 0.6) is 5.75 Å². The lowest BCUT2D eigenvalue weighted by Gasteiger charge is -2.09. The zero-order valence-corrected chi connectivity index (χ0v) is 11.9. The standard InChI is InChI=1S/C16H10F4N2O2/c17-11-4-3-9(16(18,19)20)6-10(11)12-13(23)14(24-15(12)21)8-2-1-5-22-7-8/h1-7,23H,21H2. The van der Waals surface area contributed by atoms with Crippen molar-refractivity contribution < 1.29 is 27.1 Å². The van der Waals surface area contributed by atoms with Gasteiger partial charge in [-0.05, 0) is 30.3 Å². The van der Waals surface area contributed by atoms with Gasteiger partial charge in [0, 0.05) is 23.5 Å². The van der Waals surface area contributed by atoms with E-state index in [0.29, 0.717) is 23.8 Å². The van der Waals surface area contributed by atoms with Crippen molar-refractivity contribution in [2.75, 3.05) is 5.73 Å². The van der Waals surface area contributed by atoms with Crippen LogP contribution in [0.4, 0.5) is 23.4 Å². The molecule has 0 saturated heterocycles. The molecule has 1 aromatic carbocycles. The molecule has 0 saturated carbocycles. The Bertz CT molecular complexity index is 889. The van der Waals surface area contributed by atoms with Crippen LogP contribution in [-0.2, 0) is 6.18 Å². The van der Waals surface area contributed by atoms with E-state index in [4.69, 9.17) is 10.2 Å². The van der Waals surface area contributed by atoms with Crippen molar-refractivity contribution in [3.8, 4) is 28.2 Å². The molecule has 0 fully saturated rings. The average Bonchev–Trinajstić information content (AvgIpc) is 2.83. The Balaban J connectivity index is 2.20. The number of hydrogen-bond acceptors (Lipinski definition) is 4. The monoisotopic (exact) mass is 338 g/mol. The van der Waals surface area contributed by atoms with Gasteiger partial charge in [-0.25, -0.2) is 4.39 Å². The highest BCUT2D eigenvalue weighted by Crippen LogP contribution is 2.46. The number of rotatable bonds is 2. The third-order valence-corrected chi connectivity index (χ3v) is 3.40. The van der Waals surface area contributed by atoms with E-state index in [9.17, 15) is 22.7 Å². The van der Waals surface area contributed by atoms with Crippen LogP contribution in [-0.4, -0.2) is 10.1 Å². The Kier molecular flexibility index (Phi) is 3.67. The molecule has 2 aromatic heterocycles. The molecule has 3 aromatic rings. The van der Waals surface area contributed by atoms with Gasteiger partial charge in [0.25, 0.3) is 0 Å². The fourth-order valence-corrected chi connectivity index (χ4v) is 2.29. The molecule has 0 unspecified atom stereocenters. The van der Waals surface area contributed by atoms with Crippen molar-refractivity contribution in [1.82, 2.24) is 4.98 Å². The number of benzene rings is 1. The van der Waals surface area contributed by atoms with E-state index in [1.165, 1.54) is 12.4 Å². The van der Waals surface area contributed by atoms with Gasteiger partial charge in [-0.2, -0.15) is 13.2 Å². The fraction of sp³-hybridized carbons (Fsp3) is 0.0625. The summed E-state index contributed by atoms with van der Waals surface area (Å²) in [6, 6.07) is 4.96. The minimum atomic E-state index is -4.66. The summed E-state index contributed by atoms with van der Waals surface area (Å²) < 4.78 is 57.7. The quantitative estimate of drug-likeness (QED) is 0.677. The highest BCUT2D eigenvalue weighted by atomic mass is 19.4. The molecular weight excluding hydrogens is 328 g/mol. The smallest absolute Gasteiger partial charge is 0.416 e. The SMILES string of the molecule is Nc1oc(-c2cccnc2)c(O)c1-c1cc(C(F)(F)F)ccc1F. The lowest BCUT2D eigenvalue weighted by Crippen LogP contribution is -2.05. The van der Waals surface area contributed by atoms with Gasteiger partial charge in [-0.1, -0.05) is 0 Å². The lowest BCUT2D eigenvalue weighted by molar-refractivity contribution is -0.137. The summed E-state index contributed by atoms with van der Waals surface area (Å²) in [5.41, 5.74) is 4.09. The molecule has 0 aliphatic rings. The Morgan fingerprint density at radius 2 is 1.92 bits per heavy atom. The van der Waals surface area contributed by atoms with Gasteiger partial charge in [-0.3, -0.25) is 4.98 Å². The molecule has 3 N–H and O–H groups in total. The van der Waals surface area contributed by atoms with Crippen LogP contribution in [0.2, 0.25) is 0 Å². The van der Waals surface area contributed by atoms with Crippen molar-refractivity contribution >= 4 is 5.88 Å². The molecule has 3 rings (SSSR count). The Hall–Kier alpha value is -3.03. The zero-order chi connectivity index (χ0) is 17.5. The Labute approximate surface area is 133 Å². The second kappa shape index (κ2) is 5.55. The number of furan rings is 1. The van der Waals surface area contributed by atoms with E-state index in [0.717, 1.165) is 0 Å². The van der Waals surface area contributed by atoms with Gasteiger partial charge in [-0.15, -0.1) is 0 Å². The van der Waals surface area contributed by atoms with E-state index >= 15 is 0 Å². The number of nitrogens with zero attached hydrogens (tertiary/aromatic N) is 1. The molecule has 124 valence electrons. The van der Waals surface area contributed by atoms with E-state index < -0.39 is 34.8 Å². The molecule has 0 amide bonds. The van der Waals surface area contributed by atoms with Crippen molar-refractivity contribution in [2.24, 2.45) is 0 Å². The fourth-order valence-electron chi connectivity index (χ4n) is 2.29. The summed E-state index contributed by atoms with van der Waals surface area (Å²) in [5, 5.41) is 10.3.